The van der Waals surface area contributed by atoms with Crippen molar-refractivity contribution in [1.29, 1.82) is 0 Å². The number of halogens is 1. The lowest BCUT2D eigenvalue weighted by atomic mass is 9.98. The Labute approximate surface area is 190 Å². The maximum atomic E-state index is 10.9. The van der Waals surface area contributed by atoms with Gasteiger partial charge in [0.2, 0.25) is 5.88 Å². The lowest BCUT2D eigenvalue weighted by Gasteiger charge is -2.43. The summed E-state index contributed by atoms with van der Waals surface area (Å²) in [5, 5.41) is 55.6. The molecule has 11 heteroatoms. The van der Waals surface area contributed by atoms with E-state index in [2.05, 4.69) is 5.10 Å². The molecule has 0 amide bonds. The summed E-state index contributed by atoms with van der Waals surface area (Å²) in [6, 6.07) is 5.17. The molecule has 1 aromatic carbocycles. The first-order chi connectivity index (χ1) is 15.0. The van der Waals surface area contributed by atoms with Crippen LogP contribution >= 0.6 is 11.6 Å². The molecule has 1 fully saturated rings. The minimum Gasteiger partial charge on any atom is -0.497 e. The second kappa shape index (κ2) is 9.52. The van der Waals surface area contributed by atoms with Gasteiger partial charge in [-0.05, 0) is 38.5 Å². The number of hydrogen-bond acceptors (Lipinski definition) is 9. The van der Waals surface area contributed by atoms with E-state index in [0.29, 0.717) is 16.3 Å². The molecule has 0 radical (unpaired) electrons. The Balaban J connectivity index is 2.00. The third-order valence-electron chi connectivity index (χ3n) is 5.52. The van der Waals surface area contributed by atoms with E-state index in [1.54, 1.807) is 22.9 Å². The van der Waals surface area contributed by atoms with Crippen molar-refractivity contribution in [2.75, 3.05) is 13.7 Å². The molecule has 5 N–H and O–H groups in total. The zero-order chi connectivity index (χ0) is 23.8. The van der Waals surface area contributed by atoms with Crippen LogP contribution in [0.4, 0.5) is 0 Å². The summed E-state index contributed by atoms with van der Waals surface area (Å²) in [6.07, 6.45) is -6.57. The summed E-state index contributed by atoms with van der Waals surface area (Å²) in [7, 11) is 1.54. The van der Waals surface area contributed by atoms with Gasteiger partial charge >= 0.3 is 5.97 Å². The molecule has 2 aromatic rings. The van der Waals surface area contributed by atoms with Gasteiger partial charge in [-0.2, -0.15) is 0 Å². The van der Waals surface area contributed by atoms with Gasteiger partial charge in [-0.25, -0.2) is 0 Å². The second-order valence-electron chi connectivity index (χ2n) is 8.04. The third kappa shape index (κ3) is 4.58. The Kier molecular flexibility index (Phi) is 7.35. The van der Waals surface area contributed by atoms with Gasteiger partial charge in [-0.15, -0.1) is 5.10 Å². The quantitative estimate of drug-likeness (QED) is 0.364. The molecule has 0 aliphatic carbocycles. The first-order valence-electron chi connectivity index (χ1n) is 10.2. The smallest absolute Gasteiger partial charge is 0.356 e. The van der Waals surface area contributed by atoms with Crippen molar-refractivity contribution in [3.05, 3.63) is 40.0 Å². The van der Waals surface area contributed by atoms with Crippen LogP contribution in [-0.4, -0.2) is 79.4 Å². The monoisotopic (exact) mass is 472 g/mol. The van der Waals surface area contributed by atoms with Gasteiger partial charge in [-0.3, -0.25) is 4.68 Å². The lowest BCUT2D eigenvalue weighted by Crippen LogP contribution is -2.67. The molecule has 2 heterocycles. The maximum Gasteiger partial charge on any atom is 0.356 e. The molecule has 1 aliphatic heterocycles. The fourth-order valence-electron chi connectivity index (χ4n) is 3.65. The van der Waals surface area contributed by atoms with Crippen molar-refractivity contribution in [2.24, 2.45) is 0 Å². The Bertz CT molecular complexity index is 950. The summed E-state index contributed by atoms with van der Waals surface area (Å²) in [5.74, 6) is -2.21. The molecular formula is C21H29ClN2O8. The van der Waals surface area contributed by atoms with Gasteiger partial charge in [0.15, 0.2) is 6.10 Å². The molecule has 32 heavy (non-hydrogen) atoms. The van der Waals surface area contributed by atoms with Crippen molar-refractivity contribution < 1.29 is 39.7 Å². The average Bonchev–Trinajstić information content (AvgIpc) is 3.06. The predicted molar refractivity (Wildman–Crippen MR) is 114 cm³/mol. The standard InChI is InChI=1S/C21H29ClN2O8/c1-10(2)24-11(3)14(7-12-5-6-13(30-4)8-15(12)22)20(23-24)32-21(29)19(28)18(27)17(26)16(9-25)31-21/h5-6,8,10,16-19,25-29H,7,9H2,1-4H3/t16-,17-,18+,19-,21+/m1/s1. The molecule has 1 saturated heterocycles. The summed E-state index contributed by atoms with van der Waals surface area (Å²) < 4.78 is 17.7. The molecule has 3 rings (SSSR count). The van der Waals surface area contributed by atoms with Gasteiger partial charge in [0, 0.05) is 28.7 Å². The van der Waals surface area contributed by atoms with Gasteiger partial charge in [0.1, 0.15) is 24.1 Å². The SMILES string of the molecule is COc1ccc(Cc2c(O[C@@]3(O)O[C@H](CO)[C@@H](O)[C@H](O)[C@H]3O)nn(C(C)C)c2C)c(Cl)c1. The molecule has 0 spiro atoms. The molecule has 5 atom stereocenters. The van der Waals surface area contributed by atoms with Gasteiger partial charge in [0.25, 0.3) is 0 Å². The molecule has 0 saturated carbocycles. The van der Waals surface area contributed by atoms with Crippen molar-refractivity contribution in [2.45, 2.75) is 63.6 Å². The van der Waals surface area contributed by atoms with E-state index in [-0.39, 0.29) is 18.3 Å². The largest absolute Gasteiger partial charge is 0.497 e. The highest BCUT2D eigenvalue weighted by Gasteiger charge is 2.55. The van der Waals surface area contributed by atoms with Crippen molar-refractivity contribution in [3.8, 4) is 11.6 Å². The molecule has 0 bridgehead atoms. The zero-order valence-corrected chi connectivity index (χ0v) is 19.0. The maximum absolute atomic E-state index is 10.9. The number of ether oxygens (including phenoxy) is 3. The van der Waals surface area contributed by atoms with E-state index in [1.807, 2.05) is 20.8 Å². The first-order valence-corrected chi connectivity index (χ1v) is 10.5. The summed E-state index contributed by atoms with van der Waals surface area (Å²) >= 11 is 6.40. The topological polar surface area (TPSA) is 147 Å². The van der Waals surface area contributed by atoms with Crippen LogP contribution in [0.3, 0.4) is 0 Å². The normalized spacial score (nSPS) is 28.2. The van der Waals surface area contributed by atoms with E-state index in [9.17, 15) is 25.5 Å². The lowest BCUT2D eigenvalue weighted by molar-refractivity contribution is -0.423. The first kappa shape index (κ1) is 24.7. The van der Waals surface area contributed by atoms with Crippen molar-refractivity contribution in [1.82, 2.24) is 9.78 Å². The van der Waals surface area contributed by atoms with Gasteiger partial charge in [-0.1, -0.05) is 17.7 Å². The summed E-state index contributed by atoms with van der Waals surface area (Å²) in [4.78, 5) is 0. The summed E-state index contributed by atoms with van der Waals surface area (Å²) in [6.45, 7) is 4.93. The number of benzene rings is 1. The van der Waals surface area contributed by atoms with Crippen molar-refractivity contribution >= 4 is 11.6 Å². The molecular weight excluding hydrogens is 444 g/mol. The number of aliphatic hydroxyl groups excluding tert-OH is 4. The number of rotatable bonds is 7. The van der Waals surface area contributed by atoms with E-state index in [0.717, 1.165) is 11.3 Å². The Hall–Kier alpha value is -1.92. The number of methoxy groups -OCH3 is 1. The van der Waals surface area contributed by atoms with E-state index in [1.165, 1.54) is 7.11 Å². The average molecular weight is 473 g/mol. The van der Waals surface area contributed by atoms with Crippen LogP contribution in [0.1, 0.15) is 36.7 Å². The minimum absolute atomic E-state index is 0.0510. The van der Waals surface area contributed by atoms with Crippen molar-refractivity contribution in [3.63, 3.8) is 0 Å². The van der Waals surface area contributed by atoms with E-state index >= 15 is 0 Å². The van der Waals surface area contributed by atoms with Crippen LogP contribution in [0.2, 0.25) is 5.02 Å². The highest BCUT2D eigenvalue weighted by molar-refractivity contribution is 6.31. The zero-order valence-electron chi connectivity index (χ0n) is 18.3. The Morgan fingerprint density at radius 3 is 2.50 bits per heavy atom. The number of aromatic nitrogens is 2. The fraction of sp³-hybridized carbons (Fsp3) is 0.571. The van der Waals surface area contributed by atoms with E-state index < -0.39 is 37.0 Å². The number of hydrogen-bond donors (Lipinski definition) is 5. The molecule has 178 valence electrons. The predicted octanol–water partition coefficient (Wildman–Crippen LogP) is 0.524. The number of aliphatic hydroxyl groups is 5. The second-order valence-corrected chi connectivity index (χ2v) is 8.45. The number of nitrogens with zero attached hydrogens (tertiary/aromatic N) is 2. The van der Waals surface area contributed by atoms with Crippen LogP contribution in [0, 0.1) is 6.92 Å². The molecule has 1 aliphatic rings. The summed E-state index contributed by atoms with van der Waals surface area (Å²) in [5.41, 5.74) is 2.04. The highest BCUT2D eigenvalue weighted by atomic mass is 35.5. The van der Waals surface area contributed by atoms with Crippen LogP contribution in [0.15, 0.2) is 18.2 Å². The van der Waals surface area contributed by atoms with E-state index in [4.69, 9.17) is 25.8 Å². The van der Waals surface area contributed by atoms with Gasteiger partial charge < -0.3 is 39.7 Å². The molecule has 10 nitrogen and oxygen atoms in total. The Morgan fingerprint density at radius 2 is 1.94 bits per heavy atom. The minimum atomic E-state index is -2.76. The Morgan fingerprint density at radius 1 is 1.25 bits per heavy atom. The molecule has 0 unspecified atom stereocenters. The van der Waals surface area contributed by atoms with Crippen LogP contribution < -0.4 is 9.47 Å². The van der Waals surface area contributed by atoms with Crippen LogP contribution in [0.5, 0.6) is 11.6 Å². The highest BCUT2D eigenvalue weighted by Crippen LogP contribution is 2.35. The third-order valence-corrected chi connectivity index (χ3v) is 5.88. The fourth-order valence-corrected chi connectivity index (χ4v) is 3.89. The van der Waals surface area contributed by atoms with Crippen LogP contribution in [-0.2, 0) is 11.2 Å². The molecule has 1 aromatic heterocycles. The van der Waals surface area contributed by atoms with Gasteiger partial charge in [0.05, 0.1) is 13.7 Å². The van der Waals surface area contributed by atoms with Crippen LogP contribution in [0.25, 0.3) is 0 Å².